The van der Waals surface area contributed by atoms with Crippen molar-refractivity contribution in [3.63, 3.8) is 0 Å². The second-order valence-corrected chi connectivity index (χ2v) is 4.29. The van der Waals surface area contributed by atoms with Crippen LogP contribution in [-0.2, 0) is 6.42 Å². The van der Waals surface area contributed by atoms with Crippen molar-refractivity contribution in [3.05, 3.63) is 35.5 Å². The fourth-order valence-corrected chi connectivity index (χ4v) is 2.57. The number of H-pyrrole nitrogens is 1. The summed E-state index contributed by atoms with van der Waals surface area (Å²) in [6.45, 7) is 0. The molecule has 70 valence electrons. The molecular weight excluding hydrogens is 190 g/mol. The number of aromatic amines is 1. The van der Waals surface area contributed by atoms with Crippen molar-refractivity contribution in [2.45, 2.75) is 19.3 Å². The van der Waals surface area contributed by atoms with Gasteiger partial charge in [-0.25, -0.2) is 0 Å². The first-order chi connectivity index (χ1) is 6.86. The van der Waals surface area contributed by atoms with Crippen molar-refractivity contribution in [2.24, 2.45) is 0 Å². The van der Waals surface area contributed by atoms with Crippen molar-refractivity contribution >= 4 is 28.0 Å². The summed E-state index contributed by atoms with van der Waals surface area (Å²) in [6.07, 6.45) is 3.43. The molecule has 0 spiro atoms. The molecule has 3 rings (SSSR count). The molecule has 1 aromatic heterocycles. The van der Waals surface area contributed by atoms with Crippen LogP contribution in [0.25, 0.3) is 10.9 Å². The van der Waals surface area contributed by atoms with E-state index in [2.05, 4.69) is 29.2 Å². The minimum Gasteiger partial charge on any atom is -0.354 e. The lowest BCUT2D eigenvalue weighted by Gasteiger charge is -2.11. The van der Waals surface area contributed by atoms with E-state index in [0.29, 0.717) is 0 Å². The number of fused-ring (bicyclic) bond motifs is 3. The largest absolute Gasteiger partial charge is 0.354 e. The molecular formula is C12H11NS. The van der Waals surface area contributed by atoms with E-state index in [0.717, 1.165) is 11.3 Å². The molecule has 2 aromatic rings. The highest BCUT2D eigenvalue weighted by Crippen LogP contribution is 2.29. The molecule has 14 heavy (non-hydrogen) atoms. The van der Waals surface area contributed by atoms with Crippen molar-refractivity contribution in [1.29, 1.82) is 0 Å². The van der Waals surface area contributed by atoms with Crippen molar-refractivity contribution in [1.82, 2.24) is 4.98 Å². The number of hydrogen-bond donors (Lipinski definition) is 1. The second-order valence-electron chi connectivity index (χ2n) is 3.80. The van der Waals surface area contributed by atoms with Gasteiger partial charge < -0.3 is 4.98 Å². The molecule has 1 aromatic carbocycles. The van der Waals surface area contributed by atoms with Gasteiger partial charge in [0.1, 0.15) is 0 Å². The maximum Gasteiger partial charge on any atom is 0.0565 e. The molecule has 0 fully saturated rings. The van der Waals surface area contributed by atoms with Gasteiger partial charge in [0.2, 0.25) is 0 Å². The molecule has 0 amide bonds. The highest BCUT2D eigenvalue weighted by atomic mass is 32.1. The smallest absolute Gasteiger partial charge is 0.0565 e. The second kappa shape index (κ2) is 2.92. The standard InChI is InChI=1S/C12H11NS/c14-11-7-3-5-9-8-4-1-2-6-10(8)13-12(9)11/h1-2,4,6,13H,3,5,7H2. The molecule has 0 atom stereocenters. The van der Waals surface area contributed by atoms with Crippen LogP contribution in [0.3, 0.4) is 0 Å². The van der Waals surface area contributed by atoms with Gasteiger partial charge in [-0.1, -0.05) is 30.4 Å². The predicted octanol–water partition coefficient (Wildman–Crippen LogP) is 3.22. The van der Waals surface area contributed by atoms with E-state index < -0.39 is 0 Å². The van der Waals surface area contributed by atoms with Gasteiger partial charge in [-0.2, -0.15) is 0 Å². The van der Waals surface area contributed by atoms with Crippen LogP contribution in [0.2, 0.25) is 0 Å². The summed E-state index contributed by atoms with van der Waals surface area (Å²) in [6, 6.07) is 8.45. The van der Waals surface area contributed by atoms with E-state index in [4.69, 9.17) is 12.2 Å². The molecule has 0 aliphatic heterocycles. The fraction of sp³-hybridized carbons (Fsp3) is 0.250. The van der Waals surface area contributed by atoms with E-state index >= 15 is 0 Å². The van der Waals surface area contributed by atoms with E-state index in [1.807, 2.05) is 0 Å². The SMILES string of the molecule is S=C1CCCc2c1[nH]c1ccccc21. The van der Waals surface area contributed by atoms with Gasteiger partial charge in [0.25, 0.3) is 0 Å². The molecule has 0 bridgehead atoms. The van der Waals surface area contributed by atoms with E-state index in [9.17, 15) is 0 Å². The van der Waals surface area contributed by atoms with E-state index in [1.54, 1.807) is 0 Å². The van der Waals surface area contributed by atoms with Gasteiger partial charge >= 0.3 is 0 Å². The van der Waals surface area contributed by atoms with Crippen LogP contribution in [-0.4, -0.2) is 9.85 Å². The molecule has 0 saturated carbocycles. The molecule has 1 N–H and O–H groups in total. The summed E-state index contributed by atoms with van der Waals surface area (Å²) >= 11 is 5.37. The van der Waals surface area contributed by atoms with Gasteiger partial charge in [-0.05, 0) is 30.9 Å². The van der Waals surface area contributed by atoms with Crippen LogP contribution in [0.1, 0.15) is 24.1 Å². The Morgan fingerprint density at radius 3 is 2.93 bits per heavy atom. The average molecular weight is 201 g/mol. The highest BCUT2D eigenvalue weighted by molar-refractivity contribution is 7.80. The zero-order chi connectivity index (χ0) is 9.54. The number of benzene rings is 1. The molecule has 1 nitrogen and oxygen atoms in total. The van der Waals surface area contributed by atoms with E-state index in [1.165, 1.54) is 35.0 Å². The Morgan fingerprint density at radius 2 is 2.00 bits per heavy atom. The molecule has 1 aliphatic rings. The number of hydrogen-bond acceptors (Lipinski definition) is 1. The van der Waals surface area contributed by atoms with Gasteiger partial charge in [-0.15, -0.1) is 0 Å². The van der Waals surface area contributed by atoms with Gasteiger partial charge in [0, 0.05) is 15.8 Å². The summed E-state index contributed by atoms with van der Waals surface area (Å²) in [7, 11) is 0. The minimum atomic E-state index is 1.06. The Hall–Kier alpha value is -1.15. The topological polar surface area (TPSA) is 15.8 Å². The van der Waals surface area contributed by atoms with Crippen LogP contribution in [0.15, 0.2) is 24.3 Å². The lowest BCUT2D eigenvalue weighted by atomic mass is 9.95. The normalized spacial score (nSPS) is 15.9. The quantitative estimate of drug-likeness (QED) is 0.647. The number of nitrogens with one attached hydrogen (secondary N) is 1. The van der Waals surface area contributed by atoms with Crippen molar-refractivity contribution in [2.75, 3.05) is 0 Å². The zero-order valence-corrected chi connectivity index (χ0v) is 8.66. The summed E-state index contributed by atoms with van der Waals surface area (Å²) in [5.41, 5.74) is 3.87. The Bertz CT molecular complexity index is 510. The average Bonchev–Trinajstić information content (AvgIpc) is 2.59. The first-order valence-corrected chi connectivity index (χ1v) is 5.40. The molecule has 1 heterocycles. The summed E-state index contributed by atoms with van der Waals surface area (Å²) < 4.78 is 0. The third-order valence-electron chi connectivity index (χ3n) is 2.92. The molecule has 0 saturated heterocycles. The number of aromatic nitrogens is 1. The molecule has 0 unspecified atom stereocenters. The summed E-state index contributed by atoms with van der Waals surface area (Å²) in [4.78, 5) is 4.52. The van der Waals surface area contributed by atoms with Gasteiger partial charge in [-0.3, -0.25) is 0 Å². The maximum absolute atomic E-state index is 5.37. The van der Waals surface area contributed by atoms with Crippen LogP contribution < -0.4 is 0 Å². The Kier molecular flexibility index (Phi) is 1.71. The van der Waals surface area contributed by atoms with Crippen LogP contribution in [0.4, 0.5) is 0 Å². The Labute approximate surface area is 88.1 Å². The third-order valence-corrected chi connectivity index (χ3v) is 3.33. The van der Waals surface area contributed by atoms with Crippen LogP contribution in [0, 0.1) is 0 Å². The molecule has 0 radical (unpaired) electrons. The number of aryl methyl sites for hydroxylation is 1. The van der Waals surface area contributed by atoms with Gasteiger partial charge in [0.05, 0.1) is 5.69 Å². The van der Waals surface area contributed by atoms with Crippen LogP contribution >= 0.6 is 12.2 Å². The number of para-hydroxylation sites is 1. The molecule has 2 heteroatoms. The minimum absolute atomic E-state index is 1.06. The third kappa shape index (κ3) is 1.04. The van der Waals surface area contributed by atoms with Crippen molar-refractivity contribution < 1.29 is 0 Å². The van der Waals surface area contributed by atoms with Crippen LogP contribution in [0.5, 0.6) is 0 Å². The Balaban J connectivity index is 2.38. The lowest BCUT2D eigenvalue weighted by molar-refractivity contribution is 0.850. The summed E-state index contributed by atoms with van der Waals surface area (Å²) in [5, 5.41) is 1.35. The Morgan fingerprint density at radius 1 is 1.14 bits per heavy atom. The monoisotopic (exact) mass is 201 g/mol. The summed E-state index contributed by atoms with van der Waals surface area (Å²) in [5.74, 6) is 0. The van der Waals surface area contributed by atoms with Crippen molar-refractivity contribution in [3.8, 4) is 0 Å². The molecule has 1 aliphatic carbocycles. The lowest BCUT2D eigenvalue weighted by Crippen LogP contribution is -2.08. The zero-order valence-electron chi connectivity index (χ0n) is 7.84. The predicted molar refractivity (Wildman–Crippen MR) is 62.9 cm³/mol. The number of thiocarbonyl (C=S) groups is 1. The highest BCUT2D eigenvalue weighted by Gasteiger charge is 2.18. The maximum atomic E-state index is 5.37. The number of rotatable bonds is 0. The fourth-order valence-electron chi connectivity index (χ4n) is 2.25. The van der Waals surface area contributed by atoms with E-state index in [-0.39, 0.29) is 0 Å². The first kappa shape index (κ1) is 8.18. The first-order valence-electron chi connectivity index (χ1n) is 4.99. The van der Waals surface area contributed by atoms with Gasteiger partial charge in [0.15, 0.2) is 0 Å².